The lowest BCUT2D eigenvalue weighted by Gasteiger charge is -2.10. The lowest BCUT2D eigenvalue weighted by atomic mass is 10.1. The summed E-state index contributed by atoms with van der Waals surface area (Å²) in [5.41, 5.74) is 8.78. The van der Waals surface area contributed by atoms with E-state index >= 15 is 0 Å². The number of anilines is 1. The van der Waals surface area contributed by atoms with E-state index in [1.165, 1.54) is 6.07 Å². The van der Waals surface area contributed by atoms with Crippen molar-refractivity contribution in [2.75, 3.05) is 12.3 Å². The quantitative estimate of drug-likeness (QED) is 0.820. The molecule has 0 aliphatic heterocycles. The van der Waals surface area contributed by atoms with E-state index in [1.807, 2.05) is 6.92 Å². The highest BCUT2D eigenvalue weighted by molar-refractivity contribution is 7.09. The molecule has 1 aromatic carbocycles. The summed E-state index contributed by atoms with van der Waals surface area (Å²) in [5.74, 6) is -0.650. The van der Waals surface area contributed by atoms with Gasteiger partial charge in [-0.05, 0) is 19.1 Å². The minimum Gasteiger partial charge on any atom is -0.491 e. The normalized spacial score (nSPS) is 10.4. The molecule has 0 aliphatic rings. The van der Waals surface area contributed by atoms with Crippen LogP contribution in [0.2, 0.25) is 0 Å². The molecule has 0 unspecified atom stereocenters. The first kappa shape index (κ1) is 13.4. The summed E-state index contributed by atoms with van der Waals surface area (Å²) in [7, 11) is 0. The Morgan fingerprint density at radius 3 is 2.95 bits per heavy atom. The highest BCUT2D eigenvalue weighted by atomic mass is 32.1. The van der Waals surface area contributed by atoms with Gasteiger partial charge in [-0.25, -0.2) is 9.78 Å². The Hall–Kier alpha value is -2.08. The van der Waals surface area contributed by atoms with Crippen LogP contribution in [-0.2, 0) is 6.42 Å². The van der Waals surface area contributed by atoms with Gasteiger partial charge in [0, 0.05) is 11.3 Å². The van der Waals surface area contributed by atoms with Crippen LogP contribution in [0.4, 0.5) is 5.69 Å². The number of carboxylic acid groups (broad SMARTS) is 1. The fraction of sp³-hybridized carbons (Fsp3) is 0.231. The molecule has 2 aromatic rings. The van der Waals surface area contributed by atoms with Crippen molar-refractivity contribution in [2.45, 2.75) is 13.3 Å². The van der Waals surface area contributed by atoms with E-state index in [2.05, 4.69) is 4.98 Å². The van der Waals surface area contributed by atoms with Gasteiger partial charge in [0.2, 0.25) is 0 Å². The molecule has 3 N–H and O–H groups in total. The van der Waals surface area contributed by atoms with E-state index < -0.39 is 5.97 Å². The third kappa shape index (κ3) is 3.03. The van der Waals surface area contributed by atoms with Crippen molar-refractivity contribution in [2.24, 2.45) is 0 Å². The van der Waals surface area contributed by atoms with Crippen molar-refractivity contribution in [1.29, 1.82) is 0 Å². The SMILES string of the molecule is Cc1ncsc1CCOc1cccc(C(=O)O)c1N. The fourth-order valence-electron chi connectivity index (χ4n) is 1.68. The number of thiazole rings is 1. The molecular weight excluding hydrogens is 264 g/mol. The summed E-state index contributed by atoms with van der Waals surface area (Å²) in [6, 6.07) is 4.74. The van der Waals surface area contributed by atoms with Crippen molar-refractivity contribution in [3.05, 3.63) is 39.8 Å². The van der Waals surface area contributed by atoms with Crippen LogP contribution in [0.25, 0.3) is 0 Å². The molecule has 0 radical (unpaired) electrons. The minimum absolute atomic E-state index is 0.0615. The van der Waals surface area contributed by atoms with Crippen molar-refractivity contribution >= 4 is 23.0 Å². The number of rotatable bonds is 5. The minimum atomic E-state index is -1.05. The van der Waals surface area contributed by atoms with E-state index in [9.17, 15) is 4.79 Å². The van der Waals surface area contributed by atoms with Crippen molar-refractivity contribution < 1.29 is 14.6 Å². The predicted octanol–water partition coefficient (Wildman–Crippen LogP) is 2.35. The van der Waals surface area contributed by atoms with Gasteiger partial charge >= 0.3 is 5.97 Å². The van der Waals surface area contributed by atoms with Gasteiger partial charge in [-0.1, -0.05) is 6.07 Å². The molecular formula is C13H14N2O3S. The molecule has 0 saturated heterocycles. The summed E-state index contributed by atoms with van der Waals surface area (Å²) in [5, 5.41) is 8.96. The van der Waals surface area contributed by atoms with Gasteiger partial charge in [0.05, 0.1) is 29.1 Å². The van der Waals surface area contributed by atoms with Crippen LogP contribution in [0.1, 0.15) is 20.9 Å². The number of aromatic carboxylic acids is 1. The summed E-state index contributed by atoms with van der Waals surface area (Å²) >= 11 is 1.58. The molecule has 5 nitrogen and oxygen atoms in total. The molecule has 2 rings (SSSR count). The molecule has 1 aromatic heterocycles. The highest BCUT2D eigenvalue weighted by Crippen LogP contribution is 2.25. The highest BCUT2D eigenvalue weighted by Gasteiger charge is 2.12. The Kier molecular flexibility index (Phi) is 4.01. The van der Waals surface area contributed by atoms with E-state index in [1.54, 1.807) is 29.0 Å². The van der Waals surface area contributed by atoms with E-state index in [-0.39, 0.29) is 11.3 Å². The van der Waals surface area contributed by atoms with Crippen molar-refractivity contribution in [3.8, 4) is 5.75 Å². The lowest BCUT2D eigenvalue weighted by Crippen LogP contribution is -2.07. The average Bonchev–Trinajstić information content (AvgIpc) is 2.77. The van der Waals surface area contributed by atoms with Crippen molar-refractivity contribution in [3.63, 3.8) is 0 Å². The summed E-state index contributed by atoms with van der Waals surface area (Å²) in [6.45, 7) is 2.39. The van der Waals surface area contributed by atoms with Crippen LogP contribution in [0.3, 0.4) is 0 Å². The second kappa shape index (κ2) is 5.71. The maximum atomic E-state index is 10.9. The first-order chi connectivity index (χ1) is 9.09. The fourth-order valence-corrected chi connectivity index (χ4v) is 2.44. The van der Waals surface area contributed by atoms with Gasteiger partial charge in [-0.3, -0.25) is 0 Å². The molecule has 0 bridgehead atoms. The first-order valence-corrected chi connectivity index (χ1v) is 6.61. The number of ether oxygens (including phenoxy) is 1. The molecule has 6 heteroatoms. The number of aromatic nitrogens is 1. The summed E-state index contributed by atoms with van der Waals surface area (Å²) < 4.78 is 5.55. The van der Waals surface area contributed by atoms with Crippen molar-refractivity contribution in [1.82, 2.24) is 4.98 Å². The van der Waals surface area contributed by atoms with Gasteiger partial charge < -0.3 is 15.6 Å². The zero-order chi connectivity index (χ0) is 13.8. The third-order valence-corrected chi connectivity index (χ3v) is 3.72. The van der Waals surface area contributed by atoms with Crippen LogP contribution >= 0.6 is 11.3 Å². The first-order valence-electron chi connectivity index (χ1n) is 5.73. The van der Waals surface area contributed by atoms with Crippen LogP contribution in [0.5, 0.6) is 5.75 Å². The second-order valence-corrected chi connectivity index (χ2v) is 4.92. The molecule has 100 valence electrons. The number of hydrogen-bond donors (Lipinski definition) is 2. The van der Waals surface area contributed by atoms with Gasteiger partial charge in [0.25, 0.3) is 0 Å². The van der Waals surface area contributed by atoms with Crippen LogP contribution in [0, 0.1) is 6.92 Å². The topological polar surface area (TPSA) is 85.4 Å². The number of benzene rings is 1. The zero-order valence-corrected chi connectivity index (χ0v) is 11.2. The zero-order valence-electron chi connectivity index (χ0n) is 10.4. The predicted molar refractivity (Wildman–Crippen MR) is 73.9 cm³/mol. The molecule has 19 heavy (non-hydrogen) atoms. The maximum Gasteiger partial charge on any atom is 0.337 e. The summed E-state index contributed by atoms with van der Waals surface area (Å²) in [4.78, 5) is 16.3. The molecule has 0 saturated carbocycles. The number of aryl methyl sites for hydroxylation is 1. The second-order valence-electron chi connectivity index (χ2n) is 3.98. The van der Waals surface area contributed by atoms with Crippen LogP contribution < -0.4 is 10.5 Å². The Morgan fingerprint density at radius 1 is 1.53 bits per heavy atom. The van der Waals surface area contributed by atoms with E-state index in [0.717, 1.165) is 17.0 Å². The van der Waals surface area contributed by atoms with Crippen LogP contribution in [0.15, 0.2) is 23.7 Å². The Bertz CT molecular complexity index is 595. The van der Waals surface area contributed by atoms with Crippen LogP contribution in [-0.4, -0.2) is 22.7 Å². The molecule has 0 aliphatic carbocycles. The molecule has 0 fully saturated rings. The molecule has 1 heterocycles. The number of hydrogen-bond acceptors (Lipinski definition) is 5. The van der Waals surface area contributed by atoms with Gasteiger partial charge in [-0.2, -0.15) is 0 Å². The third-order valence-electron chi connectivity index (χ3n) is 2.73. The summed E-state index contributed by atoms with van der Waals surface area (Å²) in [6.07, 6.45) is 0.729. The molecule has 0 amide bonds. The number of carboxylic acids is 1. The maximum absolute atomic E-state index is 10.9. The molecule has 0 spiro atoms. The number of carbonyl (C=O) groups is 1. The lowest BCUT2D eigenvalue weighted by molar-refractivity contribution is 0.0697. The molecule has 0 atom stereocenters. The largest absolute Gasteiger partial charge is 0.491 e. The standard InChI is InChI=1S/C13H14N2O3S/c1-8-11(19-7-15-8)5-6-18-10-4-2-3-9(12(10)14)13(16)17/h2-4,7H,5-6,14H2,1H3,(H,16,17). The van der Waals surface area contributed by atoms with Gasteiger partial charge in [0.1, 0.15) is 5.75 Å². The smallest absolute Gasteiger partial charge is 0.337 e. The monoisotopic (exact) mass is 278 g/mol. The van der Waals surface area contributed by atoms with E-state index in [4.69, 9.17) is 15.6 Å². The number of para-hydroxylation sites is 1. The number of nitrogens with two attached hydrogens (primary N) is 1. The Labute approximate surface area is 114 Å². The van der Waals surface area contributed by atoms with E-state index in [0.29, 0.717) is 12.4 Å². The Morgan fingerprint density at radius 2 is 2.32 bits per heavy atom. The number of nitrogens with zero attached hydrogens (tertiary/aromatic N) is 1. The van der Waals surface area contributed by atoms with Gasteiger partial charge in [0.15, 0.2) is 0 Å². The average molecular weight is 278 g/mol. The van der Waals surface area contributed by atoms with Gasteiger partial charge in [-0.15, -0.1) is 11.3 Å². The Balaban J connectivity index is 2.02. The number of nitrogen functional groups attached to an aromatic ring is 1.